The van der Waals surface area contributed by atoms with E-state index in [0.717, 1.165) is 35.3 Å². The number of quaternary nitrogens is 1. The Balaban J connectivity index is 0.00000324. The van der Waals surface area contributed by atoms with Crippen LogP contribution in [0.5, 0.6) is 0 Å². The van der Waals surface area contributed by atoms with Crippen LogP contribution in [0.1, 0.15) is 39.5 Å². The molecule has 1 rings (SSSR count). The molecule has 1 atom stereocenters. The number of allylic oxidation sites excluding steroid dienone is 1. The maximum Gasteiger partial charge on any atom is 0.169 e. The van der Waals surface area contributed by atoms with E-state index in [1.165, 1.54) is 18.4 Å². The molecule has 112 valence electrons. The summed E-state index contributed by atoms with van der Waals surface area (Å²) in [5, 5.41) is 0. The molecule has 0 saturated carbocycles. The Bertz CT molecular complexity index is 334. The number of ether oxygens (including phenoxy) is 1. The minimum Gasteiger partial charge on any atom is -0.870 e. The predicted octanol–water partition coefficient (Wildman–Crippen LogP) is 3.18. The Labute approximate surface area is 123 Å². The smallest absolute Gasteiger partial charge is 0.169 e. The summed E-state index contributed by atoms with van der Waals surface area (Å²) >= 11 is 5.64. The van der Waals surface area contributed by atoms with E-state index in [4.69, 9.17) is 17.0 Å². The van der Waals surface area contributed by atoms with Crippen LogP contribution in [0, 0.1) is 0 Å². The number of hydrogen-bond acceptors (Lipinski definition) is 3. The molecule has 3 nitrogen and oxygen atoms in total. The second-order valence-corrected chi connectivity index (χ2v) is 6.71. The number of nitrogens with zero attached hydrogens (tertiary/aromatic N) is 1. The van der Waals surface area contributed by atoms with Gasteiger partial charge in [0.05, 0.1) is 27.7 Å². The predicted molar refractivity (Wildman–Crippen MR) is 84.0 cm³/mol. The second kappa shape index (κ2) is 7.48. The van der Waals surface area contributed by atoms with E-state index in [9.17, 15) is 0 Å². The highest BCUT2D eigenvalue weighted by Crippen LogP contribution is 2.35. The third kappa shape index (κ3) is 4.63. The molecule has 1 aliphatic rings. The average Bonchev–Trinajstić information content (AvgIpc) is 2.60. The molecule has 0 amide bonds. The zero-order chi connectivity index (χ0) is 13.8. The van der Waals surface area contributed by atoms with Gasteiger partial charge in [-0.3, -0.25) is 0 Å². The van der Waals surface area contributed by atoms with E-state index < -0.39 is 0 Å². The third-order valence-electron chi connectivity index (χ3n) is 3.49. The topological polar surface area (TPSA) is 39.2 Å². The lowest BCUT2D eigenvalue weighted by atomic mass is 9.85. The van der Waals surface area contributed by atoms with Gasteiger partial charge in [-0.2, -0.15) is 0 Å². The molecule has 0 aromatic carbocycles. The van der Waals surface area contributed by atoms with Crippen LogP contribution in [-0.4, -0.2) is 54.7 Å². The van der Waals surface area contributed by atoms with Gasteiger partial charge in [0.25, 0.3) is 0 Å². The molecule has 0 aliphatic carbocycles. The summed E-state index contributed by atoms with van der Waals surface area (Å²) in [7, 11) is 6.62. The van der Waals surface area contributed by atoms with Gasteiger partial charge in [0.2, 0.25) is 0 Å². The summed E-state index contributed by atoms with van der Waals surface area (Å²) in [4.78, 5) is 1.10. The Kier molecular flexibility index (Phi) is 7.37. The molecule has 1 heterocycles. The van der Waals surface area contributed by atoms with Gasteiger partial charge in [-0.05, 0) is 25.3 Å². The van der Waals surface area contributed by atoms with Crippen LogP contribution < -0.4 is 0 Å². The fourth-order valence-corrected chi connectivity index (χ4v) is 3.06. The van der Waals surface area contributed by atoms with E-state index in [2.05, 4.69) is 41.1 Å². The van der Waals surface area contributed by atoms with E-state index in [-0.39, 0.29) is 11.1 Å². The van der Waals surface area contributed by atoms with Crippen molar-refractivity contribution in [3.05, 3.63) is 11.6 Å². The molecule has 1 saturated heterocycles. The van der Waals surface area contributed by atoms with Gasteiger partial charge < -0.3 is 14.7 Å². The molecule has 19 heavy (non-hydrogen) atoms. The maximum absolute atomic E-state index is 6.15. The van der Waals surface area contributed by atoms with Gasteiger partial charge in [-0.25, -0.2) is 0 Å². The summed E-state index contributed by atoms with van der Waals surface area (Å²) in [5.74, 6) is 0. The highest BCUT2D eigenvalue weighted by molar-refractivity contribution is 7.80. The van der Waals surface area contributed by atoms with Gasteiger partial charge >= 0.3 is 0 Å². The van der Waals surface area contributed by atoms with E-state index in [1.54, 1.807) is 0 Å². The van der Waals surface area contributed by atoms with Crippen LogP contribution in [0.25, 0.3) is 0 Å². The maximum atomic E-state index is 6.15. The first-order chi connectivity index (χ1) is 8.35. The number of unbranched alkanes of at least 4 members (excludes halogenated alkanes) is 1. The molecular formula is C15H29NO2S. The molecule has 1 unspecified atom stereocenters. The van der Waals surface area contributed by atoms with Crippen molar-refractivity contribution in [1.82, 2.24) is 0 Å². The fraction of sp³-hybridized carbons (Fsp3) is 0.800. The standard InChI is InChI=1S/C15H28NOS.H2O/c1-6-8-9-13(7-2)15(12-16(3,4)5)14(18)10-11-17-15;/h7H,6,8-12H2,1-5H3;1H2/q+1;/p-1. The second-order valence-electron chi connectivity index (χ2n) is 6.21. The van der Waals surface area contributed by atoms with Crippen LogP contribution >= 0.6 is 12.2 Å². The number of hydrogen-bond donors (Lipinski definition) is 0. The SMILES string of the molecule is CC=C(CCCC)C1(C[N+](C)(C)C)OCCC1=S.[OH-]. The summed E-state index contributed by atoms with van der Waals surface area (Å²) in [6.45, 7) is 6.07. The van der Waals surface area contributed by atoms with Crippen molar-refractivity contribution in [3.63, 3.8) is 0 Å². The Morgan fingerprint density at radius 2 is 2.05 bits per heavy atom. The van der Waals surface area contributed by atoms with Crippen LogP contribution in [0.15, 0.2) is 11.6 Å². The minimum absolute atomic E-state index is 0. The summed E-state index contributed by atoms with van der Waals surface area (Å²) < 4.78 is 7.03. The molecule has 1 aliphatic heterocycles. The Morgan fingerprint density at radius 3 is 2.42 bits per heavy atom. The first kappa shape index (κ1) is 18.7. The lowest BCUT2D eigenvalue weighted by Crippen LogP contribution is -2.53. The molecular weight excluding hydrogens is 258 g/mol. The third-order valence-corrected chi connectivity index (χ3v) is 4.03. The van der Waals surface area contributed by atoms with Gasteiger partial charge in [0.1, 0.15) is 6.54 Å². The van der Waals surface area contributed by atoms with Gasteiger partial charge in [0.15, 0.2) is 5.60 Å². The average molecular weight is 287 g/mol. The molecule has 0 aromatic rings. The van der Waals surface area contributed by atoms with Gasteiger partial charge in [-0.15, -0.1) is 0 Å². The highest BCUT2D eigenvalue weighted by atomic mass is 32.1. The van der Waals surface area contributed by atoms with E-state index >= 15 is 0 Å². The molecule has 0 bridgehead atoms. The van der Waals surface area contributed by atoms with Crippen molar-refractivity contribution in [2.24, 2.45) is 0 Å². The zero-order valence-electron chi connectivity index (χ0n) is 13.0. The van der Waals surface area contributed by atoms with Gasteiger partial charge in [0, 0.05) is 11.3 Å². The number of likely N-dealkylation sites (N-methyl/N-ethyl adjacent to an activating group) is 1. The Hall–Kier alpha value is -0.290. The molecule has 1 fully saturated rings. The van der Waals surface area contributed by atoms with Crippen LogP contribution in [0.4, 0.5) is 0 Å². The van der Waals surface area contributed by atoms with E-state index in [1.807, 2.05) is 0 Å². The summed E-state index contributed by atoms with van der Waals surface area (Å²) in [6.07, 6.45) is 6.68. The van der Waals surface area contributed by atoms with Crippen molar-refractivity contribution in [1.29, 1.82) is 0 Å². The number of thiocarbonyl (C=S) groups is 1. The monoisotopic (exact) mass is 287 g/mol. The quantitative estimate of drug-likeness (QED) is 0.428. The molecule has 0 aromatic heterocycles. The lowest BCUT2D eigenvalue weighted by Gasteiger charge is -2.38. The van der Waals surface area contributed by atoms with Crippen molar-refractivity contribution in [2.45, 2.75) is 45.1 Å². The summed E-state index contributed by atoms with van der Waals surface area (Å²) in [5.41, 5.74) is 1.11. The van der Waals surface area contributed by atoms with E-state index in [0.29, 0.717) is 0 Å². The van der Waals surface area contributed by atoms with Crippen molar-refractivity contribution in [3.8, 4) is 0 Å². The summed E-state index contributed by atoms with van der Waals surface area (Å²) in [6, 6.07) is 0. The largest absolute Gasteiger partial charge is 0.870 e. The van der Waals surface area contributed by atoms with Gasteiger partial charge in [-0.1, -0.05) is 31.6 Å². The molecule has 4 heteroatoms. The Morgan fingerprint density at radius 1 is 1.42 bits per heavy atom. The molecule has 0 radical (unpaired) electrons. The number of rotatable bonds is 6. The minimum atomic E-state index is -0.280. The highest BCUT2D eigenvalue weighted by Gasteiger charge is 2.46. The van der Waals surface area contributed by atoms with Crippen LogP contribution in [0.2, 0.25) is 0 Å². The first-order valence-electron chi connectivity index (χ1n) is 6.99. The molecule has 1 N–H and O–H groups in total. The lowest BCUT2D eigenvalue weighted by molar-refractivity contribution is -0.874. The zero-order valence-corrected chi connectivity index (χ0v) is 13.8. The normalized spacial score (nSPS) is 24.5. The van der Waals surface area contributed by atoms with Crippen LogP contribution in [0.3, 0.4) is 0 Å². The van der Waals surface area contributed by atoms with Crippen molar-refractivity contribution >= 4 is 17.1 Å². The molecule has 0 spiro atoms. The van der Waals surface area contributed by atoms with Crippen molar-refractivity contribution in [2.75, 3.05) is 34.3 Å². The van der Waals surface area contributed by atoms with Crippen molar-refractivity contribution < 1.29 is 14.7 Å². The first-order valence-corrected chi connectivity index (χ1v) is 7.40. The van der Waals surface area contributed by atoms with Crippen LogP contribution in [-0.2, 0) is 4.74 Å². The fourth-order valence-electron chi connectivity index (χ4n) is 2.72.